The Kier molecular flexibility index (Phi) is 3.35. The van der Waals surface area contributed by atoms with Gasteiger partial charge in [0.1, 0.15) is 4.32 Å². The highest BCUT2D eigenvalue weighted by atomic mass is 32.2. The number of thiocarbonyl (C=S) groups is 1. The van der Waals surface area contributed by atoms with Crippen molar-refractivity contribution in [2.45, 2.75) is 0 Å². The Morgan fingerprint density at radius 2 is 2.29 bits per heavy atom. The fourth-order valence-corrected chi connectivity index (χ4v) is 2.42. The SMILES string of the molecule is COc1cccc(/C=C2\SC(=S)NC2=O)c1O. The van der Waals surface area contributed by atoms with Crippen molar-refractivity contribution in [1.82, 2.24) is 5.32 Å². The topological polar surface area (TPSA) is 58.6 Å². The smallest absolute Gasteiger partial charge is 0.263 e. The number of hydrogen-bond donors (Lipinski definition) is 2. The zero-order chi connectivity index (χ0) is 12.4. The lowest BCUT2D eigenvalue weighted by molar-refractivity contribution is -0.115. The van der Waals surface area contributed by atoms with Gasteiger partial charge >= 0.3 is 0 Å². The van der Waals surface area contributed by atoms with Crippen molar-refractivity contribution in [3.63, 3.8) is 0 Å². The Bertz CT molecular complexity index is 525. The summed E-state index contributed by atoms with van der Waals surface area (Å²) >= 11 is 6.04. The van der Waals surface area contributed by atoms with Crippen LogP contribution in [0.5, 0.6) is 11.5 Å². The van der Waals surface area contributed by atoms with Crippen molar-refractivity contribution in [2.24, 2.45) is 0 Å². The number of methoxy groups -OCH3 is 1. The zero-order valence-electron chi connectivity index (χ0n) is 8.89. The van der Waals surface area contributed by atoms with E-state index in [0.717, 1.165) is 0 Å². The van der Waals surface area contributed by atoms with Crippen LogP contribution in [-0.2, 0) is 4.79 Å². The highest BCUT2D eigenvalue weighted by Gasteiger charge is 2.22. The van der Waals surface area contributed by atoms with E-state index in [4.69, 9.17) is 17.0 Å². The molecule has 0 bridgehead atoms. The second-order valence-electron chi connectivity index (χ2n) is 3.25. The Morgan fingerprint density at radius 3 is 2.88 bits per heavy atom. The molecule has 1 aromatic rings. The van der Waals surface area contributed by atoms with E-state index < -0.39 is 0 Å². The number of phenolic OH excluding ortho intramolecular Hbond substituents is 1. The number of nitrogens with one attached hydrogen (secondary N) is 1. The molecule has 0 unspecified atom stereocenters. The van der Waals surface area contributed by atoms with Crippen LogP contribution in [0.1, 0.15) is 5.56 Å². The Hall–Kier alpha value is -1.53. The minimum absolute atomic E-state index is 0.00807. The van der Waals surface area contributed by atoms with E-state index in [1.54, 1.807) is 24.3 Å². The molecule has 0 saturated carbocycles. The number of ether oxygens (including phenoxy) is 1. The fourth-order valence-electron chi connectivity index (χ4n) is 1.38. The van der Waals surface area contributed by atoms with Gasteiger partial charge < -0.3 is 15.2 Å². The molecule has 88 valence electrons. The molecule has 0 aliphatic carbocycles. The number of thioether (sulfide) groups is 1. The first-order valence-electron chi connectivity index (χ1n) is 4.72. The average Bonchev–Trinajstić information content (AvgIpc) is 2.60. The maximum absolute atomic E-state index is 11.5. The van der Waals surface area contributed by atoms with Crippen LogP contribution in [-0.4, -0.2) is 22.4 Å². The maximum Gasteiger partial charge on any atom is 0.263 e. The number of phenols is 1. The summed E-state index contributed by atoms with van der Waals surface area (Å²) in [7, 11) is 1.47. The largest absolute Gasteiger partial charge is 0.504 e. The van der Waals surface area contributed by atoms with Crippen LogP contribution in [0, 0.1) is 0 Å². The summed E-state index contributed by atoms with van der Waals surface area (Å²) in [5.41, 5.74) is 0.520. The van der Waals surface area contributed by atoms with Crippen molar-refractivity contribution in [3.8, 4) is 11.5 Å². The molecule has 0 aromatic heterocycles. The molecular weight excluding hydrogens is 258 g/mol. The summed E-state index contributed by atoms with van der Waals surface area (Å²) < 4.78 is 5.41. The molecular formula is C11H9NO3S2. The molecule has 0 atom stereocenters. The molecule has 2 N–H and O–H groups in total. The number of rotatable bonds is 2. The van der Waals surface area contributed by atoms with Gasteiger partial charge in [-0.3, -0.25) is 4.79 Å². The van der Waals surface area contributed by atoms with Gasteiger partial charge in [-0.1, -0.05) is 36.1 Å². The molecule has 1 aromatic carbocycles. The van der Waals surface area contributed by atoms with Gasteiger partial charge in [-0.25, -0.2) is 0 Å². The summed E-state index contributed by atoms with van der Waals surface area (Å²) in [6, 6.07) is 5.07. The lowest BCUT2D eigenvalue weighted by Crippen LogP contribution is -2.17. The minimum Gasteiger partial charge on any atom is -0.504 e. The van der Waals surface area contributed by atoms with E-state index in [0.29, 0.717) is 20.5 Å². The number of hydrogen-bond acceptors (Lipinski definition) is 5. The summed E-state index contributed by atoms with van der Waals surface area (Å²) in [5, 5.41) is 12.4. The second-order valence-corrected chi connectivity index (χ2v) is 4.97. The van der Waals surface area contributed by atoms with Gasteiger partial charge in [-0.15, -0.1) is 0 Å². The number of benzene rings is 1. The van der Waals surface area contributed by atoms with E-state index in [1.165, 1.54) is 18.9 Å². The highest BCUT2D eigenvalue weighted by molar-refractivity contribution is 8.26. The highest BCUT2D eigenvalue weighted by Crippen LogP contribution is 2.33. The van der Waals surface area contributed by atoms with Crippen LogP contribution in [0.3, 0.4) is 0 Å². The predicted molar refractivity (Wildman–Crippen MR) is 71.0 cm³/mol. The molecule has 1 aliphatic rings. The van der Waals surface area contributed by atoms with Gasteiger partial charge in [0.15, 0.2) is 11.5 Å². The van der Waals surface area contributed by atoms with Crippen LogP contribution in [0.4, 0.5) is 0 Å². The summed E-state index contributed by atoms with van der Waals surface area (Å²) in [5.74, 6) is 0.126. The molecule has 0 spiro atoms. The van der Waals surface area contributed by atoms with Gasteiger partial charge in [0.05, 0.1) is 12.0 Å². The van der Waals surface area contributed by atoms with Crippen LogP contribution in [0.25, 0.3) is 6.08 Å². The third kappa shape index (κ3) is 2.42. The summed E-state index contributed by atoms with van der Waals surface area (Å²) in [6.45, 7) is 0. The van der Waals surface area contributed by atoms with Crippen molar-refractivity contribution >= 4 is 40.3 Å². The fraction of sp³-hybridized carbons (Fsp3) is 0.0909. The summed E-state index contributed by atoms with van der Waals surface area (Å²) in [6.07, 6.45) is 1.58. The minimum atomic E-state index is -0.248. The van der Waals surface area contributed by atoms with E-state index >= 15 is 0 Å². The first-order chi connectivity index (χ1) is 8.11. The zero-order valence-corrected chi connectivity index (χ0v) is 10.5. The number of para-hydroxylation sites is 1. The molecule has 1 amide bonds. The number of amides is 1. The van der Waals surface area contributed by atoms with Crippen LogP contribution < -0.4 is 10.1 Å². The number of carbonyl (C=O) groups is 1. The van der Waals surface area contributed by atoms with E-state index in [1.807, 2.05) is 0 Å². The van der Waals surface area contributed by atoms with Crippen molar-refractivity contribution < 1.29 is 14.6 Å². The molecule has 1 aliphatic heterocycles. The van der Waals surface area contributed by atoms with Gasteiger partial charge in [-0.2, -0.15) is 0 Å². The van der Waals surface area contributed by atoms with Gasteiger partial charge in [0.25, 0.3) is 5.91 Å². The van der Waals surface area contributed by atoms with Crippen molar-refractivity contribution in [3.05, 3.63) is 28.7 Å². The summed E-state index contributed by atoms with van der Waals surface area (Å²) in [4.78, 5) is 11.9. The van der Waals surface area contributed by atoms with Crippen molar-refractivity contribution in [1.29, 1.82) is 0 Å². The predicted octanol–water partition coefficient (Wildman–Crippen LogP) is 1.89. The van der Waals surface area contributed by atoms with Crippen LogP contribution in [0.2, 0.25) is 0 Å². The van der Waals surface area contributed by atoms with Gasteiger partial charge in [0.2, 0.25) is 0 Å². The van der Waals surface area contributed by atoms with Gasteiger partial charge in [0, 0.05) is 5.56 Å². The molecule has 1 saturated heterocycles. The molecule has 2 rings (SSSR count). The molecule has 6 heteroatoms. The Labute approximate surface area is 108 Å². The maximum atomic E-state index is 11.5. The second kappa shape index (κ2) is 4.77. The normalized spacial score (nSPS) is 17.4. The molecule has 1 heterocycles. The average molecular weight is 267 g/mol. The quantitative estimate of drug-likeness (QED) is 0.633. The van der Waals surface area contributed by atoms with E-state index in [9.17, 15) is 9.90 Å². The standard InChI is InChI=1S/C11H9NO3S2/c1-15-7-4-2-3-6(9(7)13)5-8-10(14)12-11(16)17-8/h2-5,13H,1H3,(H,12,14,16)/b8-5-. The van der Waals surface area contributed by atoms with Crippen LogP contribution in [0.15, 0.2) is 23.1 Å². The number of carbonyl (C=O) groups excluding carboxylic acids is 1. The molecule has 0 radical (unpaired) electrons. The Balaban J connectivity index is 2.39. The van der Waals surface area contributed by atoms with E-state index in [2.05, 4.69) is 5.32 Å². The monoisotopic (exact) mass is 267 g/mol. The number of aromatic hydroxyl groups is 1. The first kappa shape index (κ1) is 11.9. The third-order valence-electron chi connectivity index (χ3n) is 2.18. The lowest BCUT2D eigenvalue weighted by Gasteiger charge is -2.05. The van der Waals surface area contributed by atoms with Crippen molar-refractivity contribution in [2.75, 3.05) is 7.11 Å². The molecule has 1 fully saturated rings. The van der Waals surface area contributed by atoms with Crippen LogP contribution >= 0.6 is 24.0 Å². The Morgan fingerprint density at radius 1 is 1.53 bits per heavy atom. The van der Waals surface area contributed by atoms with E-state index in [-0.39, 0.29) is 11.7 Å². The lowest BCUT2D eigenvalue weighted by atomic mass is 10.1. The third-order valence-corrected chi connectivity index (χ3v) is 3.34. The molecule has 17 heavy (non-hydrogen) atoms. The van der Waals surface area contributed by atoms with Gasteiger partial charge in [-0.05, 0) is 12.1 Å². The first-order valence-corrected chi connectivity index (χ1v) is 5.95. The molecule has 4 nitrogen and oxygen atoms in total.